The molecule has 1 aromatic carbocycles. The highest BCUT2D eigenvalue weighted by Crippen LogP contribution is 2.40. The third-order valence-electron chi connectivity index (χ3n) is 6.28. The summed E-state index contributed by atoms with van der Waals surface area (Å²) in [6.45, 7) is 2.13. The summed E-state index contributed by atoms with van der Waals surface area (Å²) in [5.41, 5.74) is 2.07. The van der Waals surface area contributed by atoms with E-state index in [1.54, 1.807) is 0 Å². The van der Waals surface area contributed by atoms with Crippen LogP contribution in [0, 0.1) is 17.8 Å². The molecular formula is C21H28N2O2. The Morgan fingerprint density at radius 1 is 0.960 bits per heavy atom. The molecule has 1 heterocycles. The van der Waals surface area contributed by atoms with E-state index in [0.717, 1.165) is 56.6 Å². The molecule has 3 fully saturated rings. The van der Waals surface area contributed by atoms with E-state index in [1.165, 1.54) is 19.3 Å². The molecule has 2 aliphatic carbocycles. The van der Waals surface area contributed by atoms with E-state index in [0.29, 0.717) is 5.78 Å². The summed E-state index contributed by atoms with van der Waals surface area (Å²) >= 11 is 0. The Bertz CT molecular complexity index is 635. The predicted molar refractivity (Wildman–Crippen MR) is 99.7 cm³/mol. The van der Waals surface area contributed by atoms with Crippen molar-refractivity contribution in [1.82, 2.24) is 0 Å². The van der Waals surface area contributed by atoms with Gasteiger partial charge in [0.25, 0.3) is 0 Å². The Kier molecular flexibility index (Phi) is 4.78. The van der Waals surface area contributed by atoms with Crippen molar-refractivity contribution < 1.29 is 9.59 Å². The van der Waals surface area contributed by atoms with E-state index in [-0.39, 0.29) is 23.7 Å². The van der Waals surface area contributed by atoms with Crippen LogP contribution in [0.4, 0.5) is 11.4 Å². The lowest BCUT2D eigenvalue weighted by Crippen LogP contribution is -2.40. The number of carbonyl (C=O) groups excluding carboxylic acids is 2. The Labute approximate surface area is 150 Å². The molecular weight excluding hydrogens is 312 g/mol. The van der Waals surface area contributed by atoms with Crippen molar-refractivity contribution in [2.75, 3.05) is 23.3 Å². The van der Waals surface area contributed by atoms with Gasteiger partial charge in [-0.3, -0.25) is 9.59 Å². The van der Waals surface area contributed by atoms with Gasteiger partial charge in [-0.05, 0) is 57.1 Å². The number of benzene rings is 1. The van der Waals surface area contributed by atoms with Crippen molar-refractivity contribution >= 4 is 23.1 Å². The summed E-state index contributed by atoms with van der Waals surface area (Å²) in [6.07, 6.45) is 8.32. The van der Waals surface area contributed by atoms with Crippen molar-refractivity contribution in [1.29, 1.82) is 0 Å². The Balaban J connectivity index is 1.47. The first kappa shape index (κ1) is 16.6. The van der Waals surface area contributed by atoms with Crippen LogP contribution in [-0.4, -0.2) is 24.8 Å². The van der Waals surface area contributed by atoms with Crippen molar-refractivity contribution in [3.8, 4) is 0 Å². The molecule has 4 heteroatoms. The summed E-state index contributed by atoms with van der Waals surface area (Å²) in [7, 11) is 0. The summed E-state index contributed by atoms with van der Waals surface area (Å²) in [5.74, 6) is 0.765. The lowest BCUT2D eigenvalue weighted by Gasteiger charge is -2.37. The number of rotatable bonds is 3. The maximum Gasteiger partial charge on any atom is 0.227 e. The maximum atomic E-state index is 12.9. The Hall–Kier alpha value is -1.84. The van der Waals surface area contributed by atoms with E-state index in [4.69, 9.17) is 0 Å². The molecule has 2 unspecified atom stereocenters. The standard InChI is InChI=1S/C21H28N2O2/c24-20-15-7-6-8-16(20)14-17(13-15)21(25)22-18-9-2-3-10-19(18)23-11-4-1-5-12-23/h2-3,9-10,15-17H,1,4-8,11-14H2,(H,22,25). The zero-order chi connectivity index (χ0) is 17.2. The number of fused-ring (bicyclic) bond motifs is 2. The van der Waals surface area contributed by atoms with Crippen LogP contribution in [0.2, 0.25) is 0 Å². The fourth-order valence-corrected chi connectivity index (χ4v) is 4.92. The summed E-state index contributed by atoms with van der Waals surface area (Å²) in [4.78, 5) is 27.5. The second kappa shape index (κ2) is 7.19. The molecule has 0 radical (unpaired) electrons. The molecule has 2 saturated carbocycles. The Morgan fingerprint density at radius 3 is 2.36 bits per heavy atom. The molecule has 1 saturated heterocycles. The maximum absolute atomic E-state index is 12.9. The topological polar surface area (TPSA) is 49.4 Å². The molecule has 1 aromatic rings. The highest BCUT2D eigenvalue weighted by atomic mass is 16.2. The van der Waals surface area contributed by atoms with Gasteiger partial charge in [-0.2, -0.15) is 0 Å². The normalized spacial score (nSPS) is 29.4. The largest absolute Gasteiger partial charge is 0.370 e. The van der Waals surface area contributed by atoms with E-state index in [9.17, 15) is 9.59 Å². The van der Waals surface area contributed by atoms with Gasteiger partial charge in [0.2, 0.25) is 5.91 Å². The number of anilines is 2. The summed E-state index contributed by atoms with van der Waals surface area (Å²) in [5, 5.41) is 3.19. The molecule has 1 aliphatic heterocycles. The van der Waals surface area contributed by atoms with Crippen LogP contribution < -0.4 is 10.2 Å². The fraction of sp³-hybridized carbons (Fsp3) is 0.619. The lowest BCUT2D eigenvalue weighted by molar-refractivity contribution is -0.136. The molecule has 4 rings (SSSR count). The number of amides is 1. The number of ketones is 1. The van der Waals surface area contributed by atoms with E-state index in [1.807, 2.05) is 18.2 Å². The molecule has 0 spiro atoms. The van der Waals surface area contributed by atoms with Gasteiger partial charge in [-0.1, -0.05) is 18.6 Å². The molecule has 2 bridgehead atoms. The number of Topliss-reactive ketones (excluding diaryl/α,β-unsaturated/α-hetero) is 1. The zero-order valence-corrected chi connectivity index (χ0v) is 14.9. The van der Waals surface area contributed by atoms with Gasteiger partial charge in [0.15, 0.2) is 0 Å². The zero-order valence-electron chi connectivity index (χ0n) is 14.9. The number of hydrogen-bond acceptors (Lipinski definition) is 3. The first-order chi connectivity index (χ1) is 12.2. The minimum Gasteiger partial charge on any atom is -0.370 e. The summed E-state index contributed by atoms with van der Waals surface area (Å²) < 4.78 is 0. The van der Waals surface area contributed by atoms with Gasteiger partial charge in [0.1, 0.15) is 5.78 Å². The molecule has 3 aliphatic rings. The van der Waals surface area contributed by atoms with Gasteiger partial charge < -0.3 is 10.2 Å². The van der Waals surface area contributed by atoms with E-state index in [2.05, 4.69) is 16.3 Å². The Morgan fingerprint density at radius 2 is 1.64 bits per heavy atom. The van der Waals surface area contributed by atoms with Crippen molar-refractivity contribution in [3.63, 3.8) is 0 Å². The molecule has 4 nitrogen and oxygen atoms in total. The van der Waals surface area contributed by atoms with Gasteiger partial charge in [0, 0.05) is 30.8 Å². The van der Waals surface area contributed by atoms with Gasteiger partial charge >= 0.3 is 0 Å². The third kappa shape index (κ3) is 3.44. The van der Waals surface area contributed by atoms with Crippen molar-refractivity contribution in [2.45, 2.75) is 51.4 Å². The quantitative estimate of drug-likeness (QED) is 0.904. The molecule has 1 N–H and O–H groups in total. The average Bonchev–Trinajstić information content (AvgIpc) is 2.62. The lowest BCUT2D eigenvalue weighted by atomic mass is 9.67. The second-order valence-electron chi connectivity index (χ2n) is 7.95. The van der Waals surface area contributed by atoms with Gasteiger partial charge in [-0.15, -0.1) is 0 Å². The van der Waals surface area contributed by atoms with Crippen LogP contribution in [0.5, 0.6) is 0 Å². The molecule has 25 heavy (non-hydrogen) atoms. The fourth-order valence-electron chi connectivity index (χ4n) is 4.92. The molecule has 0 aromatic heterocycles. The number of nitrogens with one attached hydrogen (secondary N) is 1. The second-order valence-corrected chi connectivity index (χ2v) is 7.95. The van der Waals surface area contributed by atoms with E-state index >= 15 is 0 Å². The summed E-state index contributed by atoms with van der Waals surface area (Å²) in [6, 6.07) is 8.15. The first-order valence-electron chi connectivity index (χ1n) is 9.91. The number of piperidine rings is 1. The minimum absolute atomic E-state index is 0.0117. The average molecular weight is 340 g/mol. The number of carbonyl (C=O) groups is 2. The highest BCUT2D eigenvalue weighted by molar-refractivity contribution is 5.97. The van der Waals surface area contributed by atoms with Crippen LogP contribution >= 0.6 is 0 Å². The first-order valence-corrected chi connectivity index (χ1v) is 9.91. The number of hydrogen-bond donors (Lipinski definition) is 1. The number of para-hydroxylation sites is 2. The van der Waals surface area contributed by atoms with Gasteiger partial charge in [-0.25, -0.2) is 0 Å². The molecule has 1 amide bonds. The van der Waals surface area contributed by atoms with Gasteiger partial charge in [0.05, 0.1) is 11.4 Å². The van der Waals surface area contributed by atoms with Crippen LogP contribution in [0.25, 0.3) is 0 Å². The monoisotopic (exact) mass is 340 g/mol. The molecule has 134 valence electrons. The minimum atomic E-state index is -0.0117. The van der Waals surface area contributed by atoms with E-state index < -0.39 is 0 Å². The number of nitrogens with zero attached hydrogens (tertiary/aromatic N) is 1. The highest BCUT2D eigenvalue weighted by Gasteiger charge is 2.41. The van der Waals surface area contributed by atoms with Crippen LogP contribution in [-0.2, 0) is 9.59 Å². The van der Waals surface area contributed by atoms with Crippen LogP contribution in [0.1, 0.15) is 51.4 Å². The smallest absolute Gasteiger partial charge is 0.227 e. The van der Waals surface area contributed by atoms with Crippen molar-refractivity contribution in [2.24, 2.45) is 17.8 Å². The van der Waals surface area contributed by atoms with Crippen LogP contribution in [0.15, 0.2) is 24.3 Å². The SMILES string of the molecule is O=C(Nc1ccccc1N1CCCCC1)C1CC2CCCC(C1)C2=O. The predicted octanol–water partition coefficient (Wildman–Crippen LogP) is 4.01. The van der Waals surface area contributed by atoms with Crippen molar-refractivity contribution in [3.05, 3.63) is 24.3 Å². The van der Waals surface area contributed by atoms with Crippen LogP contribution in [0.3, 0.4) is 0 Å². The third-order valence-corrected chi connectivity index (χ3v) is 6.28. The molecule has 2 atom stereocenters.